The molecular formula is C9H8BrClF3N. The molecule has 0 aromatic heterocycles. The molecule has 0 aliphatic carbocycles. The van der Waals surface area contributed by atoms with Crippen molar-refractivity contribution in [2.45, 2.75) is 12.6 Å². The van der Waals surface area contributed by atoms with E-state index >= 15 is 0 Å². The van der Waals surface area contributed by atoms with Gasteiger partial charge in [0.25, 0.3) is 0 Å². The van der Waals surface area contributed by atoms with Crippen molar-refractivity contribution >= 4 is 33.2 Å². The van der Waals surface area contributed by atoms with Gasteiger partial charge in [-0.05, 0) is 34.1 Å². The second kappa shape index (κ2) is 5.07. The fourth-order valence-electron chi connectivity index (χ4n) is 0.955. The average Bonchev–Trinajstić information content (AvgIpc) is 2.09. The van der Waals surface area contributed by atoms with E-state index in [1.807, 2.05) is 0 Å². The average molecular weight is 303 g/mol. The lowest BCUT2D eigenvalue weighted by molar-refractivity contribution is -0.131. The van der Waals surface area contributed by atoms with Crippen LogP contribution in [0.15, 0.2) is 22.7 Å². The molecule has 0 heterocycles. The second-order valence-electron chi connectivity index (χ2n) is 2.92. The first kappa shape index (κ1) is 12.6. The van der Waals surface area contributed by atoms with Gasteiger partial charge >= 0.3 is 6.18 Å². The Balaban J connectivity index is 2.48. The molecule has 1 rings (SSSR count). The summed E-state index contributed by atoms with van der Waals surface area (Å²) in [6.07, 6.45) is -4.99. The van der Waals surface area contributed by atoms with E-state index in [1.54, 1.807) is 18.2 Å². The Hall–Kier alpha value is -0.420. The molecule has 1 nitrogen and oxygen atoms in total. The van der Waals surface area contributed by atoms with Gasteiger partial charge in [0.15, 0.2) is 0 Å². The third-order valence-corrected chi connectivity index (χ3v) is 2.89. The molecule has 0 unspecified atom stereocenters. The molecule has 0 bridgehead atoms. The van der Waals surface area contributed by atoms with Gasteiger partial charge in [0.05, 0.1) is 11.4 Å². The molecule has 6 heteroatoms. The summed E-state index contributed by atoms with van der Waals surface area (Å²) >= 11 is 8.96. The predicted molar refractivity (Wildman–Crippen MR) is 58.3 cm³/mol. The fraction of sp³-hybridized carbons (Fsp3) is 0.333. The van der Waals surface area contributed by atoms with Crippen LogP contribution in [-0.2, 0) is 0 Å². The maximum Gasteiger partial charge on any atom is 0.390 e. The highest BCUT2D eigenvalue weighted by atomic mass is 79.9. The zero-order valence-corrected chi connectivity index (χ0v) is 9.88. The van der Waals surface area contributed by atoms with Crippen molar-refractivity contribution in [3.8, 4) is 0 Å². The molecule has 84 valence electrons. The first-order valence-corrected chi connectivity index (χ1v) is 5.31. The van der Waals surface area contributed by atoms with E-state index in [2.05, 4.69) is 21.2 Å². The van der Waals surface area contributed by atoms with Crippen molar-refractivity contribution in [3.63, 3.8) is 0 Å². The van der Waals surface area contributed by atoms with Gasteiger partial charge in [-0.15, -0.1) is 0 Å². The van der Waals surface area contributed by atoms with Gasteiger partial charge in [0, 0.05) is 16.7 Å². The van der Waals surface area contributed by atoms with Crippen molar-refractivity contribution in [1.82, 2.24) is 0 Å². The first-order chi connectivity index (χ1) is 6.88. The predicted octanol–water partition coefficient (Wildman–Crippen LogP) is 4.47. The van der Waals surface area contributed by atoms with E-state index in [9.17, 15) is 13.2 Å². The number of alkyl halides is 3. The van der Waals surface area contributed by atoms with Crippen LogP contribution in [0.4, 0.5) is 18.9 Å². The van der Waals surface area contributed by atoms with Gasteiger partial charge in [-0.1, -0.05) is 11.6 Å². The summed E-state index contributed by atoms with van der Waals surface area (Å²) in [6.45, 7) is -0.151. The molecule has 15 heavy (non-hydrogen) atoms. The molecule has 0 aliphatic heterocycles. The minimum atomic E-state index is -4.13. The number of hydrogen-bond acceptors (Lipinski definition) is 1. The van der Waals surface area contributed by atoms with Crippen LogP contribution in [-0.4, -0.2) is 12.7 Å². The van der Waals surface area contributed by atoms with Crippen LogP contribution in [0.25, 0.3) is 0 Å². The van der Waals surface area contributed by atoms with Gasteiger partial charge in [0.1, 0.15) is 0 Å². The Bertz CT molecular complexity index is 341. The summed E-state index contributed by atoms with van der Waals surface area (Å²) in [4.78, 5) is 0. The highest BCUT2D eigenvalue weighted by Gasteiger charge is 2.26. The molecule has 0 fully saturated rings. The van der Waals surface area contributed by atoms with Gasteiger partial charge in [-0.3, -0.25) is 0 Å². The minimum Gasteiger partial charge on any atom is -0.385 e. The summed E-state index contributed by atoms with van der Waals surface area (Å²) < 4.78 is 36.2. The zero-order valence-electron chi connectivity index (χ0n) is 7.54. The number of halogens is 5. The Morgan fingerprint density at radius 1 is 1.33 bits per heavy atom. The highest BCUT2D eigenvalue weighted by Crippen LogP contribution is 2.26. The maximum atomic E-state index is 11.8. The maximum absolute atomic E-state index is 11.8. The molecule has 0 spiro atoms. The standard InChI is InChI=1S/C9H8BrClF3N/c10-7-2-1-6(5-8(7)11)15-4-3-9(12,13)14/h1-2,5,15H,3-4H2. The van der Waals surface area contributed by atoms with Crippen LogP contribution >= 0.6 is 27.5 Å². The lowest BCUT2D eigenvalue weighted by atomic mass is 10.3. The van der Waals surface area contributed by atoms with Crippen molar-refractivity contribution in [3.05, 3.63) is 27.7 Å². The van der Waals surface area contributed by atoms with E-state index in [0.717, 1.165) is 0 Å². The third kappa shape index (κ3) is 4.75. The lowest BCUT2D eigenvalue weighted by Gasteiger charge is -2.09. The summed E-state index contributed by atoms with van der Waals surface area (Å²) in [6, 6.07) is 4.91. The normalized spacial score (nSPS) is 11.5. The Kier molecular flexibility index (Phi) is 4.28. The number of hydrogen-bond donors (Lipinski definition) is 1. The van der Waals surface area contributed by atoms with Crippen molar-refractivity contribution in [2.75, 3.05) is 11.9 Å². The zero-order chi connectivity index (χ0) is 11.5. The molecule has 0 saturated carbocycles. The SMILES string of the molecule is FC(F)(F)CCNc1ccc(Br)c(Cl)c1. The molecule has 0 aliphatic rings. The van der Waals surface area contributed by atoms with Crippen molar-refractivity contribution in [2.24, 2.45) is 0 Å². The Morgan fingerprint density at radius 2 is 2.00 bits per heavy atom. The summed E-state index contributed by atoms with van der Waals surface area (Å²) in [5.41, 5.74) is 0.576. The molecule has 0 atom stereocenters. The van der Waals surface area contributed by atoms with Gasteiger partial charge in [-0.2, -0.15) is 13.2 Å². The molecule has 1 N–H and O–H groups in total. The highest BCUT2D eigenvalue weighted by molar-refractivity contribution is 9.10. The molecule has 0 amide bonds. The lowest BCUT2D eigenvalue weighted by Crippen LogP contribution is -2.14. The van der Waals surface area contributed by atoms with Crippen LogP contribution in [0, 0.1) is 0 Å². The van der Waals surface area contributed by atoms with E-state index < -0.39 is 12.6 Å². The molecule has 0 saturated heterocycles. The number of anilines is 1. The van der Waals surface area contributed by atoms with Crippen molar-refractivity contribution in [1.29, 1.82) is 0 Å². The van der Waals surface area contributed by atoms with Gasteiger partial charge in [-0.25, -0.2) is 0 Å². The summed E-state index contributed by atoms with van der Waals surface area (Å²) in [5, 5.41) is 3.11. The van der Waals surface area contributed by atoms with Crippen LogP contribution in [0.5, 0.6) is 0 Å². The van der Waals surface area contributed by atoms with E-state index in [-0.39, 0.29) is 6.54 Å². The minimum absolute atomic E-state index is 0.151. The molecule has 1 aromatic carbocycles. The van der Waals surface area contributed by atoms with Crippen LogP contribution in [0.1, 0.15) is 6.42 Å². The van der Waals surface area contributed by atoms with Gasteiger partial charge in [0.2, 0.25) is 0 Å². The third-order valence-electron chi connectivity index (χ3n) is 1.66. The summed E-state index contributed by atoms with van der Waals surface area (Å²) in [7, 11) is 0. The molecule has 0 radical (unpaired) electrons. The Labute approximate surface area is 98.7 Å². The first-order valence-electron chi connectivity index (χ1n) is 4.14. The topological polar surface area (TPSA) is 12.0 Å². The summed E-state index contributed by atoms with van der Waals surface area (Å²) in [5.74, 6) is 0. The monoisotopic (exact) mass is 301 g/mol. The molecular weight excluding hydrogens is 294 g/mol. The fourth-order valence-corrected chi connectivity index (χ4v) is 1.38. The smallest absolute Gasteiger partial charge is 0.385 e. The Morgan fingerprint density at radius 3 is 2.53 bits per heavy atom. The van der Waals surface area contributed by atoms with Gasteiger partial charge < -0.3 is 5.32 Å². The quantitative estimate of drug-likeness (QED) is 0.869. The number of benzene rings is 1. The van der Waals surface area contributed by atoms with Crippen LogP contribution in [0.2, 0.25) is 5.02 Å². The largest absolute Gasteiger partial charge is 0.390 e. The number of nitrogens with one attached hydrogen (secondary N) is 1. The van der Waals surface area contributed by atoms with Crippen LogP contribution in [0.3, 0.4) is 0 Å². The number of rotatable bonds is 3. The van der Waals surface area contributed by atoms with Crippen LogP contribution < -0.4 is 5.32 Å². The van der Waals surface area contributed by atoms with E-state index in [0.29, 0.717) is 15.2 Å². The molecule has 1 aromatic rings. The van der Waals surface area contributed by atoms with Crippen molar-refractivity contribution < 1.29 is 13.2 Å². The van der Waals surface area contributed by atoms with E-state index in [1.165, 1.54) is 0 Å². The van der Waals surface area contributed by atoms with E-state index in [4.69, 9.17) is 11.6 Å². The second-order valence-corrected chi connectivity index (χ2v) is 4.18.